The number of carbonyl (C=O) groups is 2. The van der Waals surface area contributed by atoms with E-state index in [0.29, 0.717) is 43.6 Å². The van der Waals surface area contributed by atoms with Crippen LogP contribution < -0.4 is 5.56 Å². The van der Waals surface area contributed by atoms with Crippen LogP contribution in [0, 0.1) is 13.8 Å². The number of piperidine rings is 1. The Morgan fingerprint density at radius 3 is 2.17 bits per heavy atom. The SMILES string of the molecule is Cc1ccc(CC(=O)N2CCc3nc4cc(C5CCCN(C(=O)Cc6ccc(C)cc6)C5)[nH]n4c(=O)c3C2)cc1. The number of hydrogen-bond acceptors (Lipinski definition) is 4. The molecule has 0 radical (unpaired) electrons. The van der Waals surface area contributed by atoms with E-state index in [1.165, 1.54) is 10.1 Å². The first kappa shape index (κ1) is 26.0. The van der Waals surface area contributed by atoms with Crippen LogP contribution in [0.2, 0.25) is 0 Å². The van der Waals surface area contributed by atoms with Crippen molar-refractivity contribution in [3.63, 3.8) is 0 Å². The molecule has 2 aliphatic heterocycles. The number of hydrogen-bond donors (Lipinski definition) is 1. The van der Waals surface area contributed by atoms with Crippen LogP contribution in [0.15, 0.2) is 59.4 Å². The number of carbonyl (C=O) groups excluding carboxylic acids is 2. The molecule has 0 aliphatic carbocycles. The molecule has 1 atom stereocenters. The number of amides is 2. The predicted octanol–water partition coefficient (Wildman–Crippen LogP) is 3.72. The Balaban J connectivity index is 1.17. The summed E-state index contributed by atoms with van der Waals surface area (Å²) in [6, 6.07) is 18.0. The summed E-state index contributed by atoms with van der Waals surface area (Å²) in [5, 5.41) is 3.29. The van der Waals surface area contributed by atoms with E-state index in [0.717, 1.165) is 47.5 Å². The van der Waals surface area contributed by atoms with Crippen molar-refractivity contribution in [3.05, 3.63) is 104 Å². The molecule has 8 nitrogen and oxygen atoms in total. The number of nitrogens with one attached hydrogen (secondary N) is 1. The Kier molecular flexibility index (Phi) is 7.00. The summed E-state index contributed by atoms with van der Waals surface area (Å²) in [4.78, 5) is 48.1. The second-order valence-electron chi connectivity index (χ2n) is 11.3. The molecule has 1 N–H and O–H groups in total. The Labute approximate surface area is 233 Å². The molecule has 2 aliphatic rings. The van der Waals surface area contributed by atoms with E-state index < -0.39 is 0 Å². The average Bonchev–Trinajstić information content (AvgIpc) is 3.40. The maximum Gasteiger partial charge on any atom is 0.277 e. The van der Waals surface area contributed by atoms with Gasteiger partial charge in [0.2, 0.25) is 11.8 Å². The molecule has 2 aromatic carbocycles. The van der Waals surface area contributed by atoms with Gasteiger partial charge in [0, 0.05) is 43.7 Å². The lowest BCUT2D eigenvalue weighted by Gasteiger charge is -2.32. The van der Waals surface area contributed by atoms with Crippen LogP contribution in [-0.4, -0.2) is 55.8 Å². The second-order valence-corrected chi connectivity index (χ2v) is 11.3. The van der Waals surface area contributed by atoms with Gasteiger partial charge in [-0.25, -0.2) is 9.50 Å². The number of benzene rings is 2. The highest BCUT2D eigenvalue weighted by molar-refractivity contribution is 5.79. The first-order valence-electron chi connectivity index (χ1n) is 14.1. The zero-order valence-electron chi connectivity index (χ0n) is 23.2. The fourth-order valence-corrected chi connectivity index (χ4v) is 5.86. The van der Waals surface area contributed by atoms with Crippen LogP contribution >= 0.6 is 0 Å². The van der Waals surface area contributed by atoms with Crippen LogP contribution in [0.5, 0.6) is 0 Å². The highest BCUT2D eigenvalue weighted by atomic mass is 16.2. The fourth-order valence-electron chi connectivity index (χ4n) is 5.86. The molecule has 0 spiro atoms. The summed E-state index contributed by atoms with van der Waals surface area (Å²) in [5.41, 5.74) is 7.05. The number of aromatic nitrogens is 3. The molecule has 0 saturated carbocycles. The van der Waals surface area contributed by atoms with Crippen molar-refractivity contribution in [2.75, 3.05) is 19.6 Å². The minimum atomic E-state index is -0.151. The van der Waals surface area contributed by atoms with Gasteiger partial charge in [-0.1, -0.05) is 59.7 Å². The Bertz CT molecular complexity index is 1620. The van der Waals surface area contributed by atoms with Crippen molar-refractivity contribution < 1.29 is 9.59 Å². The molecule has 1 unspecified atom stereocenters. The number of likely N-dealkylation sites (tertiary alicyclic amines) is 1. The molecular formula is C32H35N5O3. The Morgan fingerprint density at radius 2 is 1.52 bits per heavy atom. The summed E-state index contributed by atoms with van der Waals surface area (Å²) < 4.78 is 1.51. The quantitative estimate of drug-likeness (QED) is 0.420. The largest absolute Gasteiger partial charge is 0.342 e. The summed E-state index contributed by atoms with van der Waals surface area (Å²) in [6.45, 7) is 6.26. The fraction of sp³-hybridized carbons (Fsp3) is 0.375. The minimum Gasteiger partial charge on any atom is -0.342 e. The Hall–Kier alpha value is -4.20. The van der Waals surface area contributed by atoms with Gasteiger partial charge in [-0.2, -0.15) is 0 Å². The maximum atomic E-state index is 13.5. The van der Waals surface area contributed by atoms with Crippen molar-refractivity contribution in [2.45, 2.75) is 58.4 Å². The third kappa shape index (κ3) is 5.30. The van der Waals surface area contributed by atoms with Gasteiger partial charge in [-0.3, -0.25) is 19.5 Å². The molecule has 2 aromatic heterocycles. The summed E-state index contributed by atoms with van der Waals surface area (Å²) in [6.07, 6.45) is 3.13. The second kappa shape index (κ2) is 10.8. The molecule has 2 amide bonds. The molecule has 1 saturated heterocycles. The number of H-pyrrole nitrogens is 1. The first-order valence-corrected chi connectivity index (χ1v) is 14.1. The van der Waals surface area contributed by atoms with Crippen LogP contribution in [0.4, 0.5) is 0 Å². The number of fused-ring (bicyclic) bond motifs is 2. The molecule has 0 bridgehead atoms. The van der Waals surface area contributed by atoms with Gasteiger partial charge in [0.1, 0.15) is 0 Å². The first-order chi connectivity index (χ1) is 19.3. The van der Waals surface area contributed by atoms with Crippen LogP contribution in [0.3, 0.4) is 0 Å². The van der Waals surface area contributed by atoms with Crippen molar-refractivity contribution >= 4 is 17.5 Å². The highest BCUT2D eigenvalue weighted by Gasteiger charge is 2.29. The smallest absolute Gasteiger partial charge is 0.277 e. The zero-order chi connectivity index (χ0) is 27.8. The summed E-state index contributed by atoms with van der Waals surface area (Å²) in [7, 11) is 0. The lowest BCUT2D eigenvalue weighted by atomic mass is 9.94. The molecule has 4 aromatic rings. The van der Waals surface area contributed by atoms with Gasteiger partial charge < -0.3 is 9.80 Å². The van der Waals surface area contributed by atoms with Gasteiger partial charge in [0.15, 0.2) is 5.65 Å². The molecule has 6 rings (SSSR count). The van der Waals surface area contributed by atoms with E-state index in [1.54, 1.807) is 4.90 Å². The number of aryl methyl sites for hydroxylation is 2. The zero-order valence-corrected chi connectivity index (χ0v) is 23.2. The van der Waals surface area contributed by atoms with E-state index in [4.69, 9.17) is 4.98 Å². The van der Waals surface area contributed by atoms with E-state index in [-0.39, 0.29) is 29.8 Å². The van der Waals surface area contributed by atoms with Gasteiger partial charge in [0.05, 0.1) is 30.6 Å². The van der Waals surface area contributed by atoms with E-state index in [1.807, 2.05) is 73.3 Å². The number of rotatable bonds is 5. The molecule has 4 heterocycles. The number of aromatic amines is 1. The molecule has 8 heteroatoms. The summed E-state index contributed by atoms with van der Waals surface area (Å²) >= 11 is 0. The standard InChI is InChI=1S/C32H35N5O3/c1-21-5-9-23(10-6-21)16-30(38)35-14-3-4-25(19-35)28-18-29-33-27-13-15-36(20-26(27)32(40)37(29)34-28)31(39)17-24-11-7-22(2)8-12-24/h5-12,18,25,34H,3-4,13-17,19-20H2,1-2H3. The van der Waals surface area contributed by atoms with Crippen LogP contribution in [0.25, 0.3) is 5.65 Å². The van der Waals surface area contributed by atoms with E-state index >= 15 is 0 Å². The van der Waals surface area contributed by atoms with Gasteiger partial charge in [0.25, 0.3) is 5.56 Å². The van der Waals surface area contributed by atoms with E-state index in [2.05, 4.69) is 5.10 Å². The monoisotopic (exact) mass is 537 g/mol. The van der Waals surface area contributed by atoms with Gasteiger partial charge in [-0.15, -0.1) is 0 Å². The van der Waals surface area contributed by atoms with Crippen LogP contribution in [-0.2, 0) is 35.4 Å². The average molecular weight is 538 g/mol. The lowest BCUT2D eigenvalue weighted by Crippen LogP contribution is -2.41. The minimum absolute atomic E-state index is 0.0174. The lowest BCUT2D eigenvalue weighted by molar-refractivity contribution is -0.132. The normalized spacial score (nSPS) is 17.2. The molecule has 40 heavy (non-hydrogen) atoms. The topological polar surface area (TPSA) is 90.8 Å². The Morgan fingerprint density at radius 1 is 0.900 bits per heavy atom. The van der Waals surface area contributed by atoms with Crippen LogP contribution in [0.1, 0.15) is 58.0 Å². The van der Waals surface area contributed by atoms with Crippen molar-refractivity contribution in [1.82, 2.24) is 24.4 Å². The predicted molar refractivity (Wildman–Crippen MR) is 153 cm³/mol. The molecule has 1 fully saturated rings. The van der Waals surface area contributed by atoms with Gasteiger partial charge in [-0.05, 0) is 37.8 Å². The molecule has 206 valence electrons. The third-order valence-electron chi connectivity index (χ3n) is 8.30. The highest BCUT2D eigenvalue weighted by Crippen LogP contribution is 2.27. The molecular weight excluding hydrogens is 502 g/mol. The van der Waals surface area contributed by atoms with Crippen molar-refractivity contribution in [2.24, 2.45) is 0 Å². The third-order valence-corrected chi connectivity index (χ3v) is 8.30. The number of nitrogens with zero attached hydrogens (tertiary/aromatic N) is 4. The van der Waals surface area contributed by atoms with Crippen molar-refractivity contribution in [1.29, 1.82) is 0 Å². The summed E-state index contributed by atoms with van der Waals surface area (Å²) in [5.74, 6) is 0.260. The maximum absolute atomic E-state index is 13.5. The van der Waals surface area contributed by atoms with Crippen molar-refractivity contribution in [3.8, 4) is 0 Å². The van der Waals surface area contributed by atoms with E-state index in [9.17, 15) is 14.4 Å². The van der Waals surface area contributed by atoms with Gasteiger partial charge >= 0.3 is 0 Å².